The van der Waals surface area contributed by atoms with E-state index < -0.39 is 11.6 Å². The summed E-state index contributed by atoms with van der Waals surface area (Å²) in [6, 6.07) is 2.31. The van der Waals surface area contributed by atoms with E-state index in [9.17, 15) is 8.78 Å². The smallest absolute Gasteiger partial charge is 0.132 e. The monoisotopic (exact) mass is 213 g/mol. The van der Waals surface area contributed by atoms with E-state index in [1.807, 2.05) is 0 Å². The largest absolute Gasteiger partial charge is 0.372 e. The highest BCUT2D eigenvalue weighted by atomic mass is 19.1. The summed E-state index contributed by atoms with van der Waals surface area (Å²) in [6.45, 7) is 1.05. The number of hydrogen-bond acceptors (Lipinski definition) is 2. The van der Waals surface area contributed by atoms with Crippen LogP contribution in [0.25, 0.3) is 0 Å². The van der Waals surface area contributed by atoms with Crippen LogP contribution < -0.4 is 5.32 Å². The first-order valence-electron chi connectivity index (χ1n) is 4.96. The molecule has 1 aliphatic rings. The van der Waals surface area contributed by atoms with Crippen LogP contribution in [0.5, 0.6) is 0 Å². The van der Waals surface area contributed by atoms with Gasteiger partial charge in [0, 0.05) is 18.2 Å². The average Bonchev–Trinajstić information content (AvgIpc) is 2.17. The van der Waals surface area contributed by atoms with E-state index in [0.29, 0.717) is 25.1 Å². The van der Waals surface area contributed by atoms with E-state index >= 15 is 0 Å². The maximum absolute atomic E-state index is 13.6. The maximum Gasteiger partial charge on any atom is 0.132 e. The molecule has 1 heterocycles. The number of ether oxygens (including phenoxy) is 1. The highest BCUT2D eigenvalue weighted by molar-refractivity contribution is 5.33. The molecule has 0 aliphatic carbocycles. The zero-order chi connectivity index (χ0) is 10.8. The minimum atomic E-state index is -0.517. The van der Waals surface area contributed by atoms with Gasteiger partial charge >= 0.3 is 0 Å². The summed E-state index contributed by atoms with van der Waals surface area (Å²) in [6.07, 6.45) is 0.267. The fourth-order valence-corrected chi connectivity index (χ4v) is 1.95. The first-order chi connectivity index (χ1) is 7.22. The third-order valence-electron chi connectivity index (χ3n) is 2.58. The standard InChI is InChI=1S/C11H13F2NO/c1-14-6-10-11-7(2-3-15-10)4-8(12)5-9(11)13/h4-5,10,14H,2-3,6H2,1H3. The average molecular weight is 213 g/mol. The minimum Gasteiger partial charge on any atom is -0.372 e. The molecular formula is C11H13F2NO. The molecule has 4 heteroatoms. The molecule has 1 atom stereocenters. The lowest BCUT2D eigenvalue weighted by Crippen LogP contribution is -2.26. The van der Waals surface area contributed by atoms with Crippen molar-refractivity contribution in [3.8, 4) is 0 Å². The van der Waals surface area contributed by atoms with E-state index in [1.54, 1.807) is 7.05 Å². The number of fused-ring (bicyclic) bond motifs is 1. The number of hydrogen-bond donors (Lipinski definition) is 1. The second-order valence-electron chi connectivity index (χ2n) is 3.63. The molecule has 1 aliphatic heterocycles. The lowest BCUT2D eigenvalue weighted by atomic mass is 9.96. The summed E-state index contributed by atoms with van der Waals surface area (Å²) < 4.78 is 32.0. The van der Waals surface area contributed by atoms with Crippen molar-refractivity contribution < 1.29 is 13.5 Å². The van der Waals surface area contributed by atoms with Crippen LogP contribution in [0, 0.1) is 11.6 Å². The molecule has 2 rings (SSSR count). The summed E-state index contributed by atoms with van der Waals surface area (Å²) in [5.74, 6) is -1.03. The zero-order valence-corrected chi connectivity index (χ0v) is 8.52. The molecule has 1 aromatic rings. The first kappa shape index (κ1) is 10.5. The van der Waals surface area contributed by atoms with Crippen LogP contribution in [0.15, 0.2) is 12.1 Å². The lowest BCUT2D eigenvalue weighted by molar-refractivity contribution is 0.0408. The summed E-state index contributed by atoms with van der Waals surface area (Å²) in [4.78, 5) is 0. The van der Waals surface area contributed by atoms with E-state index in [0.717, 1.165) is 11.6 Å². The molecule has 2 nitrogen and oxygen atoms in total. The normalized spacial score (nSPS) is 20.1. The molecule has 15 heavy (non-hydrogen) atoms. The van der Waals surface area contributed by atoms with Gasteiger partial charge in [0.2, 0.25) is 0 Å². The fraction of sp³-hybridized carbons (Fsp3) is 0.455. The van der Waals surface area contributed by atoms with Gasteiger partial charge in [0.1, 0.15) is 11.6 Å². The van der Waals surface area contributed by atoms with Crippen molar-refractivity contribution in [1.29, 1.82) is 0 Å². The molecule has 0 bridgehead atoms. The Morgan fingerprint density at radius 1 is 1.47 bits per heavy atom. The van der Waals surface area contributed by atoms with Crippen LogP contribution >= 0.6 is 0 Å². The molecule has 0 fully saturated rings. The Labute approximate surface area is 87.2 Å². The number of likely N-dealkylation sites (N-methyl/N-ethyl adjacent to an activating group) is 1. The van der Waals surface area contributed by atoms with Gasteiger partial charge < -0.3 is 10.1 Å². The summed E-state index contributed by atoms with van der Waals surface area (Å²) in [5.41, 5.74) is 1.22. The minimum absolute atomic E-state index is 0.306. The molecule has 0 spiro atoms. The summed E-state index contributed by atoms with van der Waals surface area (Å²) in [5, 5.41) is 2.93. The summed E-state index contributed by atoms with van der Waals surface area (Å²) >= 11 is 0. The number of nitrogens with one attached hydrogen (secondary N) is 1. The topological polar surface area (TPSA) is 21.3 Å². The van der Waals surface area contributed by atoms with Gasteiger partial charge in [0.25, 0.3) is 0 Å². The zero-order valence-electron chi connectivity index (χ0n) is 8.52. The Morgan fingerprint density at radius 2 is 2.27 bits per heavy atom. The van der Waals surface area contributed by atoms with Crippen LogP contribution in [-0.2, 0) is 11.2 Å². The van der Waals surface area contributed by atoms with Crippen molar-refractivity contribution in [2.24, 2.45) is 0 Å². The Morgan fingerprint density at radius 3 is 3.00 bits per heavy atom. The van der Waals surface area contributed by atoms with Gasteiger partial charge in [-0.1, -0.05) is 0 Å². The quantitative estimate of drug-likeness (QED) is 0.808. The van der Waals surface area contributed by atoms with Crippen molar-refractivity contribution in [3.63, 3.8) is 0 Å². The van der Waals surface area contributed by atoms with Crippen molar-refractivity contribution >= 4 is 0 Å². The third kappa shape index (κ3) is 2.01. The Bertz CT molecular complexity index is 368. The molecule has 1 aromatic carbocycles. The highest BCUT2D eigenvalue weighted by Crippen LogP contribution is 2.29. The molecular weight excluding hydrogens is 200 g/mol. The Balaban J connectivity index is 2.41. The first-order valence-corrected chi connectivity index (χ1v) is 4.96. The molecule has 0 saturated heterocycles. The lowest BCUT2D eigenvalue weighted by Gasteiger charge is -2.26. The maximum atomic E-state index is 13.6. The van der Waals surface area contributed by atoms with Crippen LogP contribution in [0.3, 0.4) is 0 Å². The van der Waals surface area contributed by atoms with Crippen molar-refractivity contribution in [3.05, 3.63) is 34.9 Å². The van der Waals surface area contributed by atoms with Gasteiger partial charge in [-0.05, 0) is 25.1 Å². The van der Waals surface area contributed by atoms with E-state index in [2.05, 4.69) is 5.32 Å². The number of benzene rings is 1. The van der Waals surface area contributed by atoms with E-state index in [-0.39, 0.29) is 6.10 Å². The van der Waals surface area contributed by atoms with Crippen LogP contribution in [0.4, 0.5) is 8.78 Å². The van der Waals surface area contributed by atoms with E-state index in [4.69, 9.17) is 4.74 Å². The van der Waals surface area contributed by atoms with Gasteiger partial charge in [0.05, 0.1) is 12.7 Å². The predicted molar refractivity (Wildman–Crippen MR) is 52.7 cm³/mol. The second-order valence-corrected chi connectivity index (χ2v) is 3.63. The van der Waals surface area contributed by atoms with Crippen LogP contribution in [0.2, 0.25) is 0 Å². The molecule has 82 valence electrons. The van der Waals surface area contributed by atoms with Gasteiger partial charge in [-0.25, -0.2) is 8.78 Å². The molecule has 1 N–H and O–H groups in total. The predicted octanol–water partition coefficient (Wildman–Crippen LogP) is 1.80. The van der Waals surface area contributed by atoms with Crippen LogP contribution in [-0.4, -0.2) is 20.2 Å². The van der Waals surface area contributed by atoms with Crippen LogP contribution in [0.1, 0.15) is 17.2 Å². The summed E-state index contributed by atoms with van der Waals surface area (Å²) in [7, 11) is 1.78. The Hall–Kier alpha value is -1.00. The molecule has 0 aromatic heterocycles. The van der Waals surface area contributed by atoms with Crippen molar-refractivity contribution in [1.82, 2.24) is 5.32 Å². The third-order valence-corrected chi connectivity index (χ3v) is 2.58. The number of halogens is 2. The van der Waals surface area contributed by atoms with Gasteiger partial charge in [-0.3, -0.25) is 0 Å². The van der Waals surface area contributed by atoms with Gasteiger partial charge in [0.15, 0.2) is 0 Å². The molecule has 1 unspecified atom stereocenters. The number of rotatable bonds is 2. The van der Waals surface area contributed by atoms with Gasteiger partial charge in [-0.15, -0.1) is 0 Å². The fourth-order valence-electron chi connectivity index (χ4n) is 1.95. The Kier molecular flexibility index (Phi) is 2.98. The SMILES string of the molecule is CNCC1OCCc2cc(F)cc(F)c21. The highest BCUT2D eigenvalue weighted by Gasteiger charge is 2.24. The van der Waals surface area contributed by atoms with Gasteiger partial charge in [-0.2, -0.15) is 0 Å². The molecule has 0 amide bonds. The van der Waals surface area contributed by atoms with Crippen molar-refractivity contribution in [2.75, 3.05) is 20.2 Å². The molecule has 0 radical (unpaired) electrons. The second kappa shape index (κ2) is 4.24. The van der Waals surface area contributed by atoms with Crippen molar-refractivity contribution in [2.45, 2.75) is 12.5 Å². The van der Waals surface area contributed by atoms with E-state index in [1.165, 1.54) is 6.07 Å². The molecule has 0 saturated carbocycles.